The van der Waals surface area contributed by atoms with Crippen molar-refractivity contribution in [1.82, 2.24) is 20.8 Å². The van der Waals surface area contributed by atoms with Crippen LogP contribution in [-0.4, -0.2) is 47.1 Å². The fraction of sp³-hybridized carbons (Fsp3) is 0.158. The minimum atomic E-state index is -0.609. The summed E-state index contributed by atoms with van der Waals surface area (Å²) in [5.41, 5.74) is 0.777. The van der Waals surface area contributed by atoms with E-state index in [1.54, 1.807) is 24.3 Å². The summed E-state index contributed by atoms with van der Waals surface area (Å²) in [7, 11) is 1.47. The molecule has 0 aliphatic rings. The van der Waals surface area contributed by atoms with Crippen molar-refractivity contribution in [3.63, 3.8) is 0 Å². The molecule has 0 saturated heterocycles. The Bertz CT molecular complexity index is 1060. The quantitative estimate of drug-likeness (QED) is 0.324. The fourth-order valence-corrected chi connectivity index (χ4v) is 2.52. The highest BCUT2D eigenvalue weighted by atomic mass is 16.6. The summed E-state index contributed by atoms with van der Waals surface area (Å²) < 4.78 is 10.1. The van der Waals surface area contributed by atoms with Crippen LogP contribution in [0.1, 0.15) is 21.0 Å². The first-order valence-corrected chi connectivity index (χ1v) is 8.77. The van der Waals surface area contributed by atoms with Crippen LogP contribution in [0.2, 0.25) is 0 Å². The predicted octanol–water partition coefficient (Wildman–Crippen LogP) is 1.81. The zero-order valence-corrected chi connectivity index (χ0v) is 15.8. The Hall–Kier alpha value is -4.28. The second kappa shape index (κ2) is 9.28. The van der Waals surface area contributed by atoms with Crippen LogP contribution in [0, 0.1) is 10.1 Å². The van der Waals surface area contributed by atoms with E-state index < -0.39 is 10.8 Å². The van der Waals surface area contributed by atoms with E-state index in [9.17, 15) is 19.7 Å². The van der Waals surface area contributed by atoms with Gasteiger partial charge in [-0.25, -0.2) is 0 Å². The largest absolute Gasteiger partial charge is 0.496 e. The van der Waals surface area contributed by atoms with E-state index in [-0.39, 0.29) is 36.4 Å². The van der Waals surface area contributed by atoms with Crippen LogP contribution in [0.5, 0.6) is 5.75 Å². The number of rotatable bonds is 8. The summed E-state index contributed by atoms with van der Waals surface area (Å²) in [5, 5.41) is 19.6. The highest BCUT2D eigenvalue weighted by molar-refractivity contribution is 5.97. The van der Waals surface area contributed by atoms with E-state index in [1.165, 1.54) is 31.4 Å². The van der Waals surface area contributed by atoms with Crippen molar-refractivity contribution in [3.05, 3.63) is 70.1 Å². The summed E-state index contributed by atoms with van der Waals surface area (Å²) in [4.78, 5) is 38.4. The van der Waals surface area contributed by atoms with Gasteiger partial charge in [-0.2, -0.15) is 4.98 Å². The van der Waals surface area contributed by atoms with Crippen LogP contribution < -0.4 is 15.4 Å². The molecule has 1 heterocycles. The number of methoxy groups -OCH3 is 1. The van der Waals surface area contributed by atoms with Gasteiger partial charge in [0.2, 0.25) is 5.82 Å². The number of aromatic nitrogens is 2. The molecule has 3 aromatic rings. The number of hydrogen-bond donors (Lipinski definition) is 2. The molecule has 11 nitrogen and oxygen atoms in total. The van der Waals surface area contributed by atoms with Gasteiger partial charge >= 0.3 is 11.8 Å². The SMILES string of the molecule is COc1ccccc1C(=O)NCCNC(=O)c1nc(-c2ccc([N+](=O)[O-])cc2)no1. The molecule has 0 saturated carbocycles. The summed E-state index contributed by atoms with van der Waals surface area (Å²) in [6.07, 6.45) is 0. The van der Waals surface area contributed by atoms with Crippen LogP contribution in [0.15, 0.2) is 53.1 Å². The highest BCUT2D eigenvalue weighted by Gasteiger charge is 2.17. The van der Waals surface area contributed by atoms with Gasteiger partial charge in [0.1, 0.15) is 5.75 Å². The minimum absolute atomic E-state index is 0.0737. The van der Waals surface area contributed by atoms with Gasteiger partial charge in [-0.3, -0.25) is 19.7 Å². The van der Waals surface area contributed by atoms with Crippen LogP contribution in [0.3, 0.4) is 0 Å². The standard InChI is InChI=1S/C19H17N5O6/c1-29-15-5-3-2-4-14(15)17(25)20-10-11-21-18(26)19-22-16(23-30-19)12-6-8-13(9-7-12)24(27)28/h2-9H,10-11H2,1H3,(H,20,25)(H,21,26). The van der Waals surface area contributed by atoms with Crippen LogP contribution in [0.4, 0.5) is 5.69 Å². The van der Waals surface area contributed by atoms with Gasteiger partial charge in [0.05, 0.1) is 17.6 Å². The Morgan fingerprint density at radius 1 is 1.07 bits per heavy atom. The van der Waals surface area contributed by atoms with Crippen molar-refractivity contribution in [2.75, 3.05) is 20.2 Å². The van der Waals surface area contributed by atoms with E-state index in [0.29, 0.717) is 16.9 Å². The Kier molecular flexibility index (Phi) is 6.33. The normalized spacial score (nSPS) is 10.3. The average molecular weight is 411 g/mol. The highest BCUT2D eigenvalue weighted by Crippen LogP contribution is 2.20. The van der Waals surface area contributed by atoms with E-state index in [2.05, 4.69) is 20.8 Å². The maximum atomic E-state index is 12.2. The van der Waals surface area contributed by atoms with Crippen molar-refractivity contribution >= 4 is 17.5 Å². The van der Waals surface area contributed by atoms with Crippen LogP contribution in [-0.2, 0) is 0 Å². The smallest absolute Gasteiger partial charge is 0.316 e. The number of carbonyl (C=O) groups is 2. The van der Waals surface area contributed by atoms with E-state index in [0.717, 1.165) is 0 Å². The number of hydrogen-bond acceptors (Lipinski definition) is 8. The number of nitro benzene ring substituents is 1. The number of para-hydroxylation sites is 1. The average Bonchev–Trinajstić information content (AvgIpc) is 3.27. The number of non-ortho nitro benzene ring substituents is 1. The van der Waals surface area contributed by atoms with Crippen LogP contribution in [0.25, 0.3) is 11.4 Å². The Morgan fingerprint density at radius 3 is 2.40 bits per heavy atom. The molecule has 0 aliphatic heterocycles. The molecule has 0 fully saturated rings. The van der Waals surface area contributed by atoms with E-state index >= 15 is 0 Å². The van der Waals surface area contributed by atoms with Crippen molar-refractivity contribution in [2.24, 2.45) is 0 Å². The topological polar surface area (TPSA) is 149 Å². The molecular weight excluding hydrogens is 394 g/mol. The lowest BCUT2D eigenvalue weighted by Crippen LogP contribution is -2.34. The number of nitrogens with zero attached hydrogens (tertiary/aromatic N) is 3. The van der Waals surface area contributed by atoms with Gasteiger partial charge in [0.15, 0.2) is 0 Å². The zero-order chi connectivity index (χ0) is 21.5. The third kappa shape index (κ3) is 4.76. The minimum Gasteiger partial charge on any atom is -0.496 e. The number of nitro groups is 1. The number of amides is 2. The lowest BCUT2D eigenvalue weighted by Gasteiger charge is -2.09. The molecule has 2 amide bonds. The summed E-state index contributed by atoms with van der Waals surface area (Å²) >= 11 is 0. The first-order valence-electron chi connectivity index (χ1n) is 8.77. The Labute approximate surface area is 170 Å². The predicted molar refractivity (Wildman–Crippen MR) is 104 cm³/mol. The molecule has 0 aliphatic carbocycles. The van der Waals surface area contributed by atoms with E-state index in [4.69, 9.17) is 9.26 Å². The Morgan fingerprint density at radius 2 is 1.73 bits per heavy atom. The fourth-order valence-electron chi connectivity index (χ4n) is 2.52. The maximum absolute atomic E-state index is 12.2. The molecule has 11 heteroatoms. The molecule has 0 bridgehead atoms. The second-order valence-corrected chi connectivity index (χ2v) is 5.94. The van der Waals surface area contributed by atoms with Crippen LogP contribution >= 0.6 is 0 Å². The molecule has 0 radical (unpaired) electrons. The Balaban J connectivity index is 1.51. The lowest BCUT2D eigenvalue weighted by molar-refractivity contribution is -0.384. The first kappa shape index (κ1) is 20.5. The molecule has 0 spiro atoms. The maximum Gasteiger partial charge on any atom is 0.316 e. The van der Waals surface area contributed by atoms with Gasteiger partial charge in [-0.1, -0.05) is 17.3 Å². The van der Waals surface area contributed by atoms with Crippen molar-refractivity contribution in [2.45, 2.75) is 0 Å². The van der Waals surface area contributed by atoms with Crippen molar-refractivity contribution < 1.29 is 23.8 Å². The molecule has 3 rings (SSSR count). The number of benzene rings is 2. The summed E-state index contributed by atoms with van der Waals surface area (Å²) in [5.74, 6) is -0.634. The number of ether oxygens (including phenoxy) is 1. The van der Waals surface area contributed by atoms with Crippen molar-refractivity contribution in [3.8, 4) is 17.1 Å². The summed E-state index contributed by atoms with van der Waals surface area (Å²) in [6, 6.07) is 12.3. The van der Waals surface area contributed by atoms with Crippen molar-refractivity contribution in [1.29, 1.82) is 0 Å². The summed E-state index contributed by atoms with van der Waals surface area (Å²) in [6.45, 7) is 0.306. The molecule has 0 unspecified atom stereocenters. The van der Waals surface area contributed by atoms with Gasteiger partial charge in [0.25, 0.3) is 11.6 Å². The van der Waals surface area contributed by atoms with Gasteiger partial charge in [-0.05, 0) is 24.3 Å². The first-order chi connectivity index (χ1) is 14.5. The molecule has 1 aromatic heterocycles. The molecule has 2 N–H and O–H groups in total. The van der Waals surface area contributed by atoms with E-state index in [1.807, 2.05) is 0 Å². The third-order valence-corrected chi connectivity index (χ3v) is 4.00. The monoisotopic (exact) mass is 411 g/mol. The molecule has 30 heavy (non-hydrogen) atoms. The van der Waals surface area contributed by atoms with Gasteiger partial charge in [0, 0.05) is 30.8 Å². The van der Waals surface area contributed by atoms with Gasteiger partial charge in [-0.15, -0.1) is 0 Å². The zero-order valence-electron chi connectivity index (χ0n) is 15.8. The van der Waals surface area contributed by atoms with Gasteiger partial charge < -0.3 is 19.9 Å². The molecule has 154 valence electrons. The third-order valence-electron chi connectivity index (χ3n) is 4.00. The number of nitrogens with one attached hydrogen (secondary N) is 2. The second-order valence-electron chi connectivity index (χ2n) is 5.94. The molecule has 0 atom stereocenters. The number of carbonyl (C=O) groups excluding carboxylic acids is 2. The molecule has 2 aromatic carbocycles. The molecular formula is C19H17N5O6. The lowest BCUT2D eigenvalue weighted by atomic mass is 10.2.